The lowest BCUT2D eigenvalue weighted by Gasteiger charge is -2.36. The number of rotatable bonds is 11. The standard InChI is InChI=1S/C29H47N3O5/c1-19-9-12-22(16-23(19)18-31-29(30)32-24-7-5-4-6-8-24)27(35)17-25(37-20(2)33)13-10-21-11-14-26(34)28(15-21)36-3/h11,14-15,19,22-25,27,34-35H,4-10,12-13,16-18H2,1-3H3,(H3,30,31,32)/t19-,22-,23+,25-,27-/m1/s1. The molecule has 8 nitrogen and oxygen atoms in total. The first-order valence-corrected chi connectivity index (χ1v) is 14.0. The first kappa shape index (κ1) is 29.1. The Bertz CT molecular complexity index is 886. The summed E-state index contributed by atoms with van der Waals surface area (Å²) in [6.07, 6.45) is 9.75. The second kappa shape index (κ2) is 14.5. The number of carbonyl (C=O) groups excluding carboxylic acids is 1. The Labute approximate surface area is 222 Å². The number of hydrogen-bond acceptors (Lipinski definition) is 6. The Kier molecular flexibility index (Phi) is 11.4. The number of nitrogens with two attached hydrogens (primary N) is 1. The number of aromatic hydroxyl groups is 1. The van der Waals surface area contributed by atoms with Crippen molar-refractivity contribution >= 4 is 11.9 Å². The van der Waals surface area contributed by atoms with E-state index in [0.29, 0.717) is 55.4 Å². The van der Waals surface area contributed by atoms with E-state index in [1.165, 1.54) is 33.3 Å². The summed E-state index contributed by atoms with van der Waals surface area (Å²) in [5.74, 6) is 1.76. The maximum Gasteiger partial charge on any atom is 0.302 e. The van der Waals surface area contributed by atoms with Crippen LogP contribution in [0.1, 0.15) is 83.6 Å². The highest BCUT2D eigenvalue weighted by atomic mass is 16.5. The zero-order chi connectivity index (χ0) is 26.8. The number of aliphatic hydroxyl groups is 1. The molecule has 2 aliphatic carbocycles. The van der Waals surface area contributed by atoms with Gasteiger partial charge in [-0.3, -0.25) is 9.79 Å². The molecule has 0 radical (unpaired) electrons. The summed E-state index contributed by atoms with van der Waals surface area (Å²) < 4.78 is 10.8. The van der Waals surface area contributed by atoms with Crippen molar-refractivity contribution in [3.8, 4) is 11.5 Å². The first-order chi connectivity index (χ1) is 17.7. The number of methoxy groups -OCH3 is 1. The Morgan fingerprint density at radius 3 is 2.68 bits per heavy atom. The molecule has 2 aliphatic rings. The maximum atomic E-state index is 11.8. The van der Waals surface area contributed by atoms with Gasteiger partial charge in [0.1, 0.15) is 6.10 Å². The van der Waals surface area contributed by atoms with Gasteiger partial charge in [0.15, 0.2) is 17.5 Å². The molecule has 0 amide bonds. The van der Waals surface area contributed by atoms with E-state index in [-0.39, 0.29) is 23.7 Å². The number of nitrogens with zero attached hydrogens (tertiary/aromatic N) is 1. The Morgan fingerprint density at radius 2 is 1.97 bits per heavy atom. The average molecular weight is 518 g/mol. The Hall–Kier alpha value is -2.48. The molecule has 2 saturated carbocycles. The van der Waals surface area contributed by atoms with E-state index in [4.69, 9.17) is 15.2 Å². The number of guanidine groups is 1. The van der Waals surface area contributed by atoms with Crippen molar-refractivity contribution < 1.29 is 24.5 Å². The number of benzene rings is 1. The van der Waals surface area contributed by atoms with Gasteiger partial charge >= 0.3 is 5.97 Å². The van der Waals surface area contributed by atoms with Crippen LogP contribution in [0.2, 0.25) is 0 Å². The van der Waals surface area contributed by atoms with E-state index in [0.717, 1.165) is 37.7 Å². The zero-order valence-electron chi connectivity index (χ0n) is 22.8. The molecule has 1 aromatic carbocycles. The van der Waals surface area contributed by atoms with Crippen molar-refractivity contribution in [1.82, 2.24) is 5.32 Å². The summed E-state index contributed by atoms with van der Waals surface area (Å²) in [5.41, 5.74) is 7.18. The van der Waals surface area contributed by atoms with Gasteiger partial charge in [0.05, 0.1) is 13.2 Å². The third kappa shape index (κ3) is 9.40. The topological polar surface area (TPSA) is 126 Å². The molecule has 0 spiro atoms. The molecule has 3 rings (SSSR count). The minimum Gasteiger partial charge on any atom is -0.504 e. The lowest BCUT2D eigenvalue weighted by atomic mass is 9.72. The number of hydrogen-bond donors (Lipinski definition) is 4. The molecule has 0 bridgehead atoms. The molecule has 1 aromatic rings. The number of nitrogens with one attached hydrogen (secondary N) is 1. The van der Waals surface area contributed by atoms with E-state index in [9.17, 15) is 15.0 Å². The SMILES string of the molecule is COc1cc(CC[C@H](C[C@@H](O)[C@@H]2CC[C@@H](C)[C@H](CN=C(N)NC3CCCCC3)C2)OC(C)=O)ccc1O. The number of aliphatic hydroxyl groups excluding tert-OH is 1. The minimum atomic E-state index is -0.546. The van der Waals surface area contributed by atoms with Crippen LogP contribution >= 0.6 is 0 Å². The van der Waals surface area contributed by atoms with Gasteiger partial charge in [-0.2, -0.15) is 0 Å². The Balaban J connectivity index is 1.53. The van der Waals surface area contributed by atoms with Crippen molar-refractivity contribution in [1.29, 1.82) is 0 Å². The van der Waals surface area contributed by atoms with Crippen molar-refractivity contribution in [3.05, 3.63) is 23.8 Å². The van der Waals surface area contributed by atoms with E-state index in [1.54, 1.807) is 12.1 Å². The number of phenolic OH excluding ortho intramolecular Hbond substituents is 1. The molecule has 0 unspecified atom stereocenters. The molecule has 0 saturated heterocycles. The summed E-state index contributed by atoms with van der Waals surface area (Å²) in [6.45, 7) is 4.35. The number of ether oxygens (including phenoxy) is 2. The molecule has 0 aromatic heterocycles. The lowest BCUT2D eigenvalue weighted by molar-refractivity contribution is -0.148. The average Bonchev–Trinajstić information content (AvgIpc) is 2.87. The van der Waals surface area contributed by atoms with Crippen LogP contribution in [0.5, 0.6) is 11.5 Å². The van der Waals surface area contributed by atoms with Gasteiger partial charge in [-0.1, -0.05) is 38.7 Å². The summed E-state index contributed by atoms with van der Waals surface area (Å²) in [4.78, 5) is 16.4. The predicted octanol–water partition coefficient (Wildman–Crippen LogP) is 4.31. The molecule has 2 fully saturated rings. The Morgan fingerprint density at radius 1 is 1.22 bits per heavy atom. The summed E-state index contributed by atoms with van der Waals surface area (Å²) >= 11 is 0. The van der Waals surface area contributed by atoms with E-state index >= 15 is 0 Å². The van der Waals surface area contributed by atoms with Gasteiger partial charge in [0.25, 0.3) is 0 Å². The van der Waals surface area contributed by atoms with E-state index in [1.807, 2.05) is 6.07 Å². The summed E-state index contributed by atoms with van der Waals surface area (Å²) in [5, 5.41) is 24.4. The summed E-state index contributed by atoms with van der Waals surface area (Å²) in [6, 6.07) is 5.67. The second-order valence-electron chi connectivity index (χ2n) is 11.1. The molecule has 5 N–H and O–H groups in total. The number of esters is 1. The minimum absolute atomic E-state index is 0.0927. The summed E-state index contributed by atoms with van der Waals surface area (Å²) in [7, 11) is 1.52. The van der Waals surface area contributed by atoms with Crippen LogP contribution in [0, 0.1) is 17.8 Å². The van der Waals surface area contributed by atoms with Crippen molar-refractivity contribution in [2.75, 3.05) is 13.7 Å². The largest absolute Gasteiger partial charge is 0.504 e. The van der Waals surface area contributed by atoms with Crippen molar-refractivity contribution in [2.24, 2.45) is 28.5 Å². The third-order valence-corrected chi connectivity index (χ3v) is 8.24. The smallest absolute Gasteiger partial charge is 0.302 e. The van der Waals surface area contributed by atoms with Gasteiger partial charge in [-0.05, 0) is 74.0 Å². The molecule has 5 atom stereocenters. The fourth-order valence-corrected chi connectivity index (χ4v) is 5.90. The van der Waals surface area contributed by atoms with Gasteiger partial charge < -0.3 is 30.7 Å². The third-order valence-electron chi connectivity index (χ3n) is 8.24. The fourth-order valence-electron chi connectivity index (χ4n) is 5.90. The van der Waals surface area contributed by atoms with Crippen LogP contribution in [0.3, 0.4) is 0 Å². The molecule has 208 valence electrons. The highest BCUT2D eigenvalue weighted by Gasteiger charge is 2.33. The normalized spacial score (nSPS) is 24.8. The molecule has 37 heavy (non-hydrogen) atoms. The van der Waals surface area contributed by atoms with Crippen molar-refractivity contribution in [2.45, 2.75) is 103 Å². The van der Waals surface area contributed by atoms with Crippen LogP contribution in [0.25, 0.3) is 0 Å². The molecular weight excluding hydrogens is 470 g/mol. The molecule has 0 heterocycles. The molecular formula is C29H47N3O5. The quantitative estimate of drug-likeness (QED) is 0.196. The number of aliphatic imine (C=N–C) groups is 1. The van der Waals surface area contributed by atoms with Crippen LogP contribution in [0.15, 0.2) is 23.2 Å². The van der Waals surface area contributed by atoms with E-state index in [2.05, 4.69) is 17.2 Å². The number of phenols is 1. The van der Waals surface area contributed by atoms with Gasteiger partial charge in [0.2, 0.25) is 0 Å². The maximum absolute atomic E-state index is 11.8. The van der Waals surface area contributed by atoms with Crippen LogP contribution in [0.4, 0.5) is 0 Å². The van der Waals surface area contributed by atoms with Crippen LogP contribution in [-0.4, -0.2) is 54.0 Å². The number of carbonyl (C=O) groups is 1. The molecule has 0 aliphatic heterocycles. The molecule has 8 heteroatoms. The number of aryl methyl sites for hydroxylation is 1. The first-order valence-electron chi connectivity index (χ1n) is 14.0. The highest BCUT2D eigenvalue weighted by Crippen LogP contribution is 2.37. The van der Waals surface area contributed by atoms with Crippen LogP contribution in [-0.2, 0) is 16.0 Å². The monoisotopic (exact) mass is 517 g/mol. The van der Waals surface area contributed by atoms with Gasteiger partial charge in [-0.25, -0.2) is 0 Å². The zero-order valence-corrected chi connectivity index (χ0v) is 22.8. The fraction of sp³-hybridized carbons (Fsp3) is 0.724. The lowest BCUT2D eigenvalue weighted by Crippen LogP contribution is -2.41. The van der Waals surface area contributed by atoms with Gasteiger partial charge in [0, 0.05) is 25.9 Å². The van der Waals surface area contributed by atoms with E-state index < -0.39 is 6.10 Å². The highest BCUT2D eigenvalue weighted by molar-refractivity contribution is 5.78. The van der Waals surface area contributed by atoms with Gasteiger partial charge in [-0.15, -0.1) is 0 Å². The second-order valence-corrected chi connectivity index (χ2v) is 11.1. The van der Waals surface area contributed by atoms with Crippen LogP contribution < -0.4 is 15.8 Å². The predicted molar refractivity (Wildman–Crippen MR) is 146 cm³/mol. The van der Waals surface area contributed by atoms with Crippen molar-refractivity contribution in [3.63, 3.8) is 0 Å².